The molecule has 0 radical (unpaired) electrons. The topological polar surface area (TPSA) is 57.6 Å². The van der Waals surface area contributed by atoms with E-state index in [2.05, 4.69) is 0 Å². The number of hydrogen-bond acceptors (Lipinski definition) is 3. The molecule has 0 spiro atoms. The predicted octanol–water partition coefficient (Wildman–Crippen LogP) is 1.90. The van der Waals surface area contributed by atoms with Crippen LogP contribution in [0.2, 0.25) is 0 Å². The molecule has 1 amide bonds. The van der Waals surface area contributed by atoms with Crippen molar-refractivity contribution in [1.82, 2.24) is 4.90 Å². The molecule has 4 nitrogen and oxygen atoms in total. The highest BCUT2D eigenvalue weighted by atomic mass is 32.2. The Hall–Kier alpha value is -1.49. The van der Waals surface area contributed by atoms with E-state index in [1.807, 2.05) is 26.0 Å². The van der Waals surface area contributed by atoms with Crippen LogP contribution < -0.4 is 0 Å². The minimum Gasteiger partial charge on any atom is -0.480 e. The fraction of sp³-hybridized carbons (Fsp3) is 0.385. The predicted molar refractivity (Wildman–Crippen MR) is 70.8 cm³/mol. The summed E-state index contributed by atoms with van der Waals surface area (Å²) in [7, 11) is 0. The van der Waals surface area contributed by atoms with Crippen molar-refractivity contribution >= 4 is 23.6 Å². The first-order valence-electron chi connectivity index (χ1n) is 5.69. The summed E-state index contributed by atoms with van der Waals surface area (Å²) in [6.07, 6.45) is 0. The lowest BCUT2D eigenvalue weighted by molar-refractivity contribution is -0.140. The molecule has 1 heterocycles. The molecule has 0 saturated carbocycles. The van der Waals surface area contributed by atoms with Crippen molar-refractivity contribution in [2.45, 2.75) is 19.9 Å². The number of aliphatic carboxylic acids is 1. The summed E-state index contributed by atoms with van der Waals surface area (Å²) >= 11 is 1.47. The minimum absolute atomic E-state index is 0.199. The number of hydrogen-bond donors (Lipinski definition) is 1. The molecule has 5 heteroatoms. The Morgan fingerprint density at radius 2 is 2.06 bits per heavy atom. The van der Waals surface area contributed by atoms with E-state index in [4.69, 9.17) is 5.11 Å². The molecular formula is C13H15NO3S. The number of rotatable bonds is 2. The summed E-state index contributed by atoms with van der Waals surface area (Å²) in [5.41, 5.74) is 2.73. The smallest absolute Gasteiger partial charge is 0.327 e. The van der Waals surface area contributed by atoms with E-state index in [-0.39, 0.29) is 5.91 Å². The van der Waals surface area contributed by atoms with Gasteiger partial charge in [0, 0.05) is 11.3 Å². The van der Waals surface area contributed by atoms with Crippen molar-refractivity contribution in [3.63, 3.8) is 0 Å². The third kappa shape index (κ3) is 2.36. The quantitative estimate of drug-likeness (QED) is 0.887. The first kappa shape index (κ1) is 13.0. The van der Waals surface area contributed by atoms with Gasteiger partial charge in [0.1, 0.15) is 6.04 Å². The Labute approximate surface area is 110 Å². The van der Waals surface area contributed by atoms with Gasteiger partial charge >= 0.3 is 5.97 Å². The molecule has 1 atom stereocenters. The Morgan fingerprint density at radius 3 is 2.67 bits per heavy atom. The lowest BCUT2D eigenvalue weighted by Crippen LogP contribution is -2.41. The lowest BCUT2D eigenvalue weighted by atomic mass is 10.1. The standard InChI is InChI=1S/C13H15NO3S/c1-8-3-4-10(5-9(8)2)12(15)14-7-18-6-11(14)13(16)17/h3-5,11H,6-7H2,1-2H3,(H,16,17). The molecule has 2 rings (SSSR count). The summed E-state index contributed by atoms with van der Waals surface area (Å²) in [6, 6.07) is 4.76. The fourth-order valence-corrected chi connectivity index (χ4v) is 3.03. The zero-order chi connectivity index (χ0) is 13.3. The van der Waals surface area contributed by atoms with Crippen LogP contribution >= 0.6 is 11.8 Å². The van der Waals surface area contributed by atoms with Gasteiger partial charge in [0.25, 0.3) is 5.91 Å². The van der Waals surface area contributed by atoms with Gasteiger partial charge in [-0.05, 0) is 37.1 Å². The highest BCUT2D eigenvalue weighted by Gasteiger charge is 2.34. The van der Waals surface area contributed by atoms with E-state index < -0.39 is 12.0 Å². The van der Waals surface area contributed by atoms with Crippen molar-refractivity contribution in [3.05, 3.63) is 34.9 Å². The Balaban J connectivity index is 2.25. The van der Waals surface area contributed by atoms with Crippen molar-refractivity contribution in [2.24, 2.45) is 0 Å². The second-order valence-electron chi connectivity index (χ2n) is 4.43. The zero-order valence-corrected chi connectivity index (χ0v) is 11.2. The van der Waals surface area contributed by atoms with Crippen LogP contribution in [0.15, 0.2) is 18.2 Å². The first-order valence-corrected chi connectivity index (χ1v) is 6.85. The van der Waals surface area contributed by atoms with Crippen molar-refractivity contribution in [3.8, 4) is 0 Å². The van der Waals surface area contributed by atoms with Gasteiger partial charge < -0.3 is 10.0 Å². The van der Waals surface area contributed by atoms with Crippen LogP contribution in [0.5, 0.6) is 0 Å². The van der Waals surface area contributed by atoms with E-state index in [0.29, 0.717) is 17.2 Å². The van der Waals surface area contributed by atoms with Gasteiger partial charge in [-0.1, -0.05) is 6.07 Å². The molecule has 1 N–H and O–H groups in total. The molecule has 0 aromatic heterocycles. The van der Waals surface area contributed by atoms with Gasteiger partial charge in [0.2, 0.25) is 0 Å². The van der Waals surface area contributed by atoms with Gasteiger partial charge in [-0.2, -0.15) is 0 Å². The summed E-state index contributed by atoms with van der Waals surface area (Å²) in [6.45, 7) is 3.93. The number of carbonyl (C=O) groups excluding carboxylic acids is 1. The van der Waals surface area contributed by atoms with Gasteiger partial charge in [-0.25, -0.2) is 4.79 Å². The molecule has 1 aromatic carbocycles. The van der Waals surface area contributed by atoms with Crippen LogP contribution in [0.1, 0.15) is 21.5 Å². The van der Waals surface area contributed by atoms with E-state index in [9.17, 15) is 9.59 Å². The van der Waals surface area contributed by atoms with Crippen LogP contribution in [-0.4, -0.2) is 39.6 Å². The van der Waals surface area contributed by atoms with Crippen LogP contribution in [0, 0.1) is 13.8 Å². The van der Waals surface area contributed by atoms with Gasteiger partial charge in [-0.15, -0.1) is 11.8 Å². The van der Waals surface area contributed by atoms with Crippen LogP contribution in [0.3, 0.4) is 0 Å². The number of carboxylic acids is 1. The van der Waals surface area contributed by atoms with Gasteiger partial charge in [0.15, 0.2) is 0 Å². The molecule has 1 fully saturated rings. The highest BCUT2D eigenvalue weighted by molar-refractivity contribution is 7.99. The van der Waals surface area contributed by atoms with Crippen LogP contribution in [0.25, 0.3) is 0 Å². The molecule has 1 aliphatic heterocycles. The number of thioether (sulfide) groups is 1. The summed E-state index contributed by atoms with van der Waals surface area (Å²) in [5, 5.41) is 9.07. The third-order valence-corrected chi connectivity index (χ3v) is 4.19. The molecule has 0 bridgehead atoms. The normalized spacial score (nSPS) is 19.0. The Kier molecular flexibility index (Phi) is 3.61. The van der Waals surface area contributed by atoms with Gasteiger partial charge in [-0.3, -0.25) is 4.79 Å². The van der Waals surface area contributed by atoms with Crippen molar-refractivity contribution < 1.29 is 14.7 Å². The molecule has 1 unspecified atom stereocenters. The van der Waals surface area contributed by atoms with E-state index >= 15 is 0 Å². The molecule has 0 aliphatic carbocycles. The highest BCUT2D eigenvalue weighted by Crippen LogP contribution is 2.24. The summed E-state index contributed by atoms with van der Waals surface area (Å²) in [5.74, 6) is -0.220. The van der Waals surface area contributed by atoms with Crippen molar-refractivity contribution in [1.29, 1.82) is 0 Å². The molecule has 1 aliphatic rings. The van der Waals surface area contributed by atoms with Gasteiger partial charge in [0.05, 0.1) is 5.88 Å². The molecule has 1 saturated heterocycles. The number of carboxylic acid groups (broad SMARTS) is 1. The minimum atomic E-state index is -0.933. The largest absolute Gasteiger partial charge is 0.480 e. The molecular weight excluding hydrogens is 250 g/mol. The average molecular weight is 265 g/mol. The van der Waals surface area contributed by atoms with E-state index in [1.54, 1.807) is 6.07 Å². The molecule has 18 heavy (non-hydrogen) atoms. The van der Waals surface area contributed by atoms with Crippen LogP contribution in [0.4, 0.5) is 0 Å². The second-order valence-corrected chi connectivity index (χ2v) is 5.43. The number of amides is 1. The van der Waals surface area contributed by atoms with Crippen LogP contribution in [-0.2, 0) is 4.79 Å². The Bertz CT molecular complexity index is 501. The molecule has 96 valence electrons. The maximum absolute atomic E-state index is 12.3. The fourth-order valence-electron chi connectivity index (χ4n) is 1.89. The average Bonchev–Trinajstić information content (AvgIpc) is 2.81. The SMILES string of the molecule is Cc1ccc(C(=O)N2CSCC2C(=O)O)cc1C. The monoisotopic (exact) mass is 265 g/mol. The maximum atomic E-state index is 12.3. The number of nitrogens with zero attached hydrogens (tertiary/aromatic N) is 1. The number of benzene rings is 1. The summed E-state index contributed by atoms with van der Waals surface area (Å²) in [4.78, 5) is 24.8. The number of carbonyl (C=O) groups is 2. The zero-order valence-electron chi connectivity index (χ0n) is 10.3. The second kappa shape index (κ2) is 5.02. The number of aryl methyl sites for hydroxylation is 2. The third-order valence-electron chi connectivity index (χ3n) is 3.18. The van der Waals surface area contributed by atoms with E-state index in [1.165, 1.54) is 16.7 Å². The Morgan fingerprint density at radius 1 is 1.33 bits per heavy atom. The maximum Gasteiger partial charge on any atom is 0.327 e. The lowest BCUT2D eigenvalue weighted by Gasteiger charge is -2.20. The molecule has 1 aromatic rings. The summed E-state index contributed by atoms with van der Waals surface area (Å²) < 4.78 is 0. The van der Waals surface area contributed by atoms with Crippen molar-refractivity contribution in [2.75, 3.05) is 11.6 Å². The van der Waals surface area contributed by atoms with E-state index in [0.717, 1.165) is 11.1 Å². The first-order chi connectivity index (χ1) is 8.50.